The van der Waals surface area contributed by atoms with Gasteiger partial charge in [-0.1, -0.05) is 0 Å². The molecule has 0 amide bonds. The number of imidazole rings is 1. The van der Waals surface area contributed by atoms with Gasteiger partial charge >= 0.3 is 0 Å². The van der Waals surface area contributed by atoms with Gasteiger partial charge in [-0.2, -0.15) is 5.10 Å². The SMILES string of the molecule is CN1CCN(c2cncc3[nH]c(-c4n[nH]c5cnc(-c6cncc(N)c6)c(F)c45)nc23)CC1. The highest BCUT2D eigenvalue weighted by Gasteiger charge is 2.23. The van der Waals surface area contributed by atoms with Crippen molar-refractivity contribution in [1.82, 2.24) is 40.0 Å². The first-order valence-electron chi connectivity index (χ1n) is 10.6. The maximum Gasteiger partial charge on any atom is 0.161 e. The van der Waals surface area contributed by atoms with Crippen molar-refractivity contribution in [2.45, 2.75) is 0 Å². The molecule has 1 saturated heterocycles. The number of likely N-dealkylation sites (N-methyl/N-ethyl adjacent to an activating group) is 1. The predicted molar refractivity (Wildman–Crippen MR) is 124 cm³/mol. The molecule has 0 unspecified atom stereocenters. The second-order valence-electron chi connectivity index (χ2n) is 8.22. The summed E-state index contributed by atoms with van der Waals surface area (Å²) in [5.74, 6) is -0.0529. The minimum Gasteiger partial charge on any atom is -0.397 e. The molecule has 5 aromatic rings. The number of piperazine rings is 1. The van der Waals surface area contributed by atoms with E-state index in [1.54, 1.807) is 18.5 Å². The highest BCUT2D eigenvalue weighted by molar-refractivity contribution is 5.97. The van der Waals surface area contributed by atoms with Crippen LogP contribution in [0, 0.1) is 5.82 Å². The fourth-order valence-electron chi connectivity index (χ4n) is 4.24. The van der Waals surface area contributed by atoms with E-state index < -0.39 is 5.82 Å². The molecular weight excluding hydrogens is 423 g/mol. The van der Waals surface area contributed by atoms with Crippen LogP contribution in [0.25, 0.3) is 44.7 Å². The van der Waals surface area contributed by atoms with Crippen LogP contribution >= 0.6 is 0 Å². The van der Waals surface area contributed by atoms with Crippen LogP contribution in [0.1, 0.15) is 0 Å². The predicted octanol–water partition coefficient (Wildman–Crippen LogP) is 2.43. The van der Waals surface area contributed by atoms with Crippen LogP contribution in [0.2, 0.25) is 0 Å². The van der Waals surface area contributed by atoms with E-state index >= 15 is 4.39 Å². The summed E-state index contributed by atoms with van der Waals surface area (Å²) in [5, 5.41) is 7.51. The summed E-state index contributed by atoms with van der Waals surface area (Å²) < 4.78 is 15.7. The van der Waals surface area contributed by atoms with Crippen molar-refractivity contribution >= 4 is 33.3 Å². The Morgan fingerprint density at radius 3 is 2.61 bits per heavy atom. The Balaban J connectivity index is 1.48. The Hall–Kier alpha value is -4.12. The van der Waals surface area contributed by atoms with Crippen molar-refractivity contribution in [2.75, 3.05) is 43.9 Å². The Morgan fingerprint density at radius 1 is 0.970 bits per heavy atom. The molecule has 6 heterocycles. The highest BCUT2D eigenvalue weighted by Crippen LogP contribution is 2.34. The number of nitrogens with two attached hydrogens (primary N) is 1. The first-order valence-corrected chi connectivity index (χ1v) is 10.6. The fraction of sp³-hybridized carbons (Fsp3) is 0.227. The molecule has 0 radical (unpaired) electrons. The topological polar surface area (TPSA) is 129 Å². The average molecular weight is 444 g/mol. The van der Waals surface area contributed by atoms with Crippen molar-refractivity contribution in [3.63, 3.8) is 0 Å². The average Bonchev–Trinajstić information content (AvgIpc) is 3.44. The number of nitrogens with zero attached hydrogens (tertiary/aromatic N) is 7. The summed E-state index contributed by atoms with van der Waals surface area (Å²) in [6, 6.07) is 1.64. The number of nitrogens with one attached hydrogen (secondary N) is 2. The van der Waals surface area contributed by atoms with Crippen LogP contribution in [0.3, 0.4) is 0 Å². The molecule has 4 N–H and O–H groups in total. The van der Waals surface area contributed by atoms with Crippen LogP contribution < -0.4 is 10.6 Å². The van der Waals surface area contributed by atoms with Crippen molar-refractivity contribution in [3.8, 4) is 22.8 Å². The molecule has 0 aromatic carbocycles. The zero-order chi connectivity index (χ0) is 22.5. The van der Waals surface area contributed by atoms with E-state index in [4.69, 9.17) is 10.7 Å². The third-order valence-electron chi connectivity index (χ3n) is 6.02. The number of hydrogen-bond donors (Lipinski definition) is 3. The van der Waals surface area contributed by atoms with E-state index in [9.17, 15) is 0 Å². The zero-order valence-electron chi connectivity index (χ0n) is 17.9. The molecule has 0 saturated carbocycles. The third kappa shape index (κ3) is 3.24. The summed E-state index contributed by atoms with van der Waals surface area (Å²) in [4.78, 5) is 25.3. The molecule has 1 fully saturated rings. The summed E-state index contributed by atoms with van der Waals surface area (Å²) in [6.07, 6.45) is 8.14. The van der Waals surface area contributed by atoms with E-state index in [2.05, 4.69) is 47.0 Å². The highest BCUT2D eigenvalue weighted by atomic mass is 19.1. The zero-order valence-corrected chi connectivity index (χ0v) is 17.9. The van der Waals surface area contributed by atoms with Crippen molar-refractivity contribution in [2.24, 2.45) is 0 Å². The van der Waals surface area contributed by atoms with Crippen LogP contribution in [-0.2, 0) is 0 Å². The van der Waals surface area contributed by atoms with E-state index in [-0.39, 0.29) is 5.69 Å². The van der Waals surface area contributed by atoms with Gasteiger partial charge in [0.15, 0.2) is 11.6 Å². The number of hydrogen-bond acceptors (Lipinski definition) is 8. The molecule has 33 heavy (non-hydrogen) atoms. The summed E-state index contributed by atoms with van der Waals surface area (Å²) in [5.41, 5.74) is 10.3. The van der Waals surface area contributed by atoms with Gasteiger partial charge in [0.2, 0.25) is 0 Å². The monoisotopic (exact) mass is 444 g/mol. The van der Waals surface area contributed by atoms with Crippen molar-refractivity contribution in [3.05, 3.63) is 42.9 Å². The molecule has 0 atom stereocenters. The van der Waals surface area contributed by atoms with Crippen LogP contribution in [-0.4, -0.2) is 73.2 Å². The molecule has 0 bridgehead atoms. The van der Waals surface area contributed by atoms with Gasteiger partial charge in [0.25, 0.3) is 0 Å². The number of anilines is 2. The smallest absolute Gasteiger partial charge is 0.161 e. The van der Waals surface area contributed by atoms with Crippen LogP contribution in [0.15, 0.2) is 37.1 Å². The van der Waals surface area contributed by atoms with Gasteiger partial charge in [-0.3, -0.25) is 20.1 Å². The van der Waals surface area contributed by atoms with E-state index in [0.29, 0.717) is 33.7 Å². The second-order valence-corrected chi connectivity index (χ2v) is 8.22. The Kier molecular flexibility index (Phi) is 4.44. The molecule has 1 aliphatic heterocycles. The van der Waals surface area contributed by atoms with Crippen molar-refractivity contribution in [1.29, 1.82) is 0 Å². The molecule has 166 valence electrons. The van der Waals surface area contributed by atoms with Crippen LogP contribution in [0.5, 0.6) is 0 Å². The maximum absolute atomic E-state index is 15.7. The first-order chi connectivity index (χ1) is 16.1. The minimum absolute atomic E-state index is 0.154. The number of rotatable bonds is 3. The lowest BCUT2D eigenvalue weighted by molar-refractivity contribution is 0.313. The number of nitrogen functional groups attached to an aromatic ring is 1. The molecule has 0 spiro atoms. The minimum atomic E-state index is -0.512. The van der Waals surface area contributed by atoms with Gasteiger partial charge < -0.3 is 20.5 Å². The van der Waals surface area contributed by atoms with Gasteiger partial charge in [0.05, 0.1) is 46.4 Å². The van der Waals surface area contributed by atoms with Crippen LogP contribution in [0.4, 0.5) is 15.8 Å². The summed E-state index contributed by atoms with van der Waals surface area (Å²) in [7, 11) is 2.11. The van der Waals surface area contributed by atoms with E-state index in [1.165, 1.54) is 12.4 Å². The van der Waals surface area contributed by atoms with Gasteiger partial charge in [0, 0.05) is 44.1 Å². The third-order valence-corrected chi connectivity index (χ3v) is 6.02. The number of aromatic amines is 2. The molecule has 5 aromatic heterocycles. The molecule has 6 rings (SSSR count). The lowest BCUT2D eigenvalue weighted by Gasteiger charge is -2.33. The lowest BCUT2D eigenvalue weighted by atomic mass is 10.1. The Bertz CT molecular complexity index is 1480. The number of pyridine rings is 3. The second kappa shape index (κ2) is 7.48. The summed E-state index contributed by atoms with van der Waals surface area (Å²) in [6.45, 7) is 3.72. The number of H-pyrrole nitrogens is 2. The van der Waals surface area contributed by atoms with Crippen molar-refractivity contribution < 1.29 is 4.39 Å². The van der Waals surface area contributed by atoms with E-state index in [1.807, 2.05) is 6.20 Å². The molecular formula is C22H21FN10. The van der Waals surface area contributed by atoms with E-state index in [0.717, 1.165) is 42.9 Å². The normalized spacial score (nSPS) is 15.0. The molecule has 10 nitrogen and oxygen atoms in total. The fourth-order valence-corrected chi connectivity index (χ4v) is 4.24. The van der Waals surface area contributed by atoms with Gasteiger partial charge in [0.1, 0.15) is 16.9 Å². The first kappa shape index (κ1) is 19.6. The maximum atomic E-state index is 15.7. The number of aromatic nitrogens is 7. The standard InChI is InChI=1S/C22H21FN10/c1-32-2-4-33(5-3-32)16-11-26-9-15-20(16)29-22(28-15)21-17-14(30-31-21)10-27-19(18(17)23)12-6-13(24)8-25-7-12/h6-11H,2-5,24H2,1H3,(H,28,29)(H,30,31). The summed E-state index contributed by atoms with van der Waals surface area (Å²) >= 11 is 0. The number of halogens is 1. The number of fused-ring (bicyclic) bond motifs is 2. The largest absolute Gasteiger partial charge is 0.397 e. The lowest BCUT2D eigenvalue weighted by Crippen LogP contribution is -2.44. The van der Waals surface area contributed by atoms with Gasteiger partial charge in [-0.15, -0.1) is 0 Å². The van der Waals surface area contributed by atoms with Gasteiger partial charge in [-0.25, -0.2) is 9.37 Å². The van der Waals surface area contributed by atoms with Gasteiger partial charge in [-0.05, 0) is 13.1 Å². The Labute approximate surface area is 187 Å². The molecule has 11 heteroatoms. The molecule has 1 aliphatic rings. The quantitative estimate of drug-likeness (QED) is 0.387. The Morgan fingerprint density at radius 2 is 1.79 bits per heavy atom. The molecule has 0 aliphatic carbocycles.